The highest BCUT2D eigenvalue weighted by Crippen LogP contribution is 2.06. The lowest BCUT2D eigenvalue weighted by Gasteiger charge is -1.97. The Morgan fingerprint density at radius 3 is 2.20 bits per heavy atom. The summed E-state index contributed by atoms with van der Waals surface area (Å²) >= 11 is 7.48. The van der Waals surface area contributed by atoms with Crippen LogP contribution in [-0.4, -0.2) is 17.9 Å². The Morgan fingerprint density at radius 1 is 1.00 bits per heavy atom. The summed E-state index contributed by atoms with van der Waals surface area (Å²) in [5, 5.41) is 0. The van der Waals surface area contributed by atoms with Crippen molar-refractivity contribution in [1.29, 1.82) is 0 Å². The lowest BCUT2D eigenvalue weighted by molar-refractivity contribution is 0.661. The van der Waals surface area contributed by atoms with E-state index in [2.05, 4.69) is 6.26 Å². The van der Waals surface area contributed by atoms with Crippen molar-refractivity contribution in [1.82, 2.24) is 0 Å². The smallest absolute Gasteiger partial charge is 0.0223 e. The van der Waals surface area contributed by atoms with Crippen LogP contribution in [0.15, 0.2) is 0 Å². The molecule has 0 aliphatic carbocycles. The minimum atomic E-state index is 0.836. The fourth-order valence-corrected chi connectivity index (χ4v) is 1.55. The van der Waals surface area contributed by atoms with Gasteiger partial charge in [0.25, 0.3) is 0 Å². The molecule has 0 N–H and O–H groups in total. The van der Waals surface area contributed by atoms with Gasteiger partial charge in [-0.25, -0.2) is 0 Å². The van der Waals surface area contributed by atoms with Gasteiger partial charge in [-0.3, -0.25) is 0 Å². The number of alkyl halides is 1. The summed E-state index contributed by atoms with van der Waals surface area (Å²) < 4.78 is 0. The molecule has 0 aromatic carbocycles. The van der Waals surface area contributed by atoms with Crippen molar-refractivity contribution in [3.63, 3.8) is 0 Å². The Hall–Kier alpha value is 0.640. The van der Waals surface area contributed by atoms with Crippen molar-refractivity contribution in [2.45, 2.75) is 32.1 Å². The minimum Gasteiger partial charge on any atom is -0.165 e. The topological polar surface area (TPSA) is 0 Å². The zero-order chi connectivity index (χ0) is 7.66. The van der Waals surface area contributed by atoms with Crippen LogP contribution in [0.4, 0.5) is 0 Å². The minimum absolute atomic E-state index is 0.836. The number of unbranched alkanes of at least 4 members (excludes halogenated alkanes) is 4. The first kappa shape index (κ1) is 10.6. The zero-order valence-electron chi connectivity index (χ0n) is 6.74. The first-order valence-corrected chi connectivity index (χ1v) is 5.89. The Kier molecular flexibility index (Phi) is 10.3. The summed E-state index contributed by atoms with van der Waals surface area (Å²) in [7, 11) is 0. The van der Waals surface area contributed by atoms with Crippen LogP contribution in [0.5, 0.6) is 0 Å². The Balaban J connectivity index is 2.65. The van der Waals surface area contributed by atoms with Gasteiger partial charge < -0.3 is 0 Å². The first-order chi connectivity index (χ1) is 4.91. The van der Waals surface area contributed by atoms with Gasteiger partial charge in [-0.2, -0.15) is 11.8 Å². The van der Waals surface area contributed by atoms with E-state index in [1.807, 2.05) is 11.8 Å². The van der Waals surface area contributed by atoms with E-state index < -0.39 is 0 Å². The highest BCUT2D eigenvalue weighted by Gasteiger charge is 1.88. The molecule has 0 aromatic heterocycles. The highest BCUT2D eigenvalue weighted by molar-refractivity contribution is 7.98. The molecule has 62 valence electrons. The second-order valence-corrected chi connectivity index (χ2v) is 3.81. The molecule has 0 saturated heterocycles. The van der Waals surface area contributed by atoms with Crippen molar-refractivity contribution < 1.29 is 0 Å². The third-order valence-electron chi connectivity index (χ3n) is 1.48. The molecular formula is C8H17ClS. The molecule has 0 unspecified atom stereocenters. The van der Waals surface area contributed by atoms with Crippen LogP contribution < -0.4 is 0 Å². The number of rotatable bonds is 7. The van der Waals surface area contributed by atoms with Gasteiger partial charge in [0.05, 0.1) is 0 Å². The van der Waals surface area contributed by atoms with Crippen LogP contribution in [0, 0.1) is 0 Å². The maximum Gasteiger partial charge on any atom is 0.0223 e. The average Bonchev–Trinajstić information content (AvgIpc) is 1.97. The number of hydrogen-bond acceptors (Lipinski definition) is 1. The van der Waals surface area contributed by atoms with Crippen molar-refractivity contribution in [3.8, 4) is 0 Å². The van der Waals surface area contributed by atoms with E-state index >= 15 is 0 Å². The molecule has 0 radical (unpaired) electrons. The number of hydrogen-bond donors (Lipinski definition) is 0. The van der Waals surface area contributed by atoms with Gasteiger partial charge in [-0.15, -0.1) is 11.6 Å². The predicted octanol–water partition coefficient (Wildman–Crippen LogP) is 3.54. The Morgan fingerprint density at radius 2 is 1.60 bits per heavy atom. The second-order valence-electron chi connectivity index (χ2n) is 2.45. The molecule has 10 heavy (non-hydrogen) atoms. The first-order valence-electron chi connectivity index (χ1n) is 3.96. The van der Waals surface area contributed by atoms with Gasteiger partial charge >= 0.3 is 0 Å². The maximum atomic E-state index is 5.54. The standard InChI is InChI=1S/C8H17ClS/c1-10-8-6-4-2-3-5-7-9/h2-8H2,1H3. The average molecular weight is 181 g/mol. The lowest BCUT2D eigenvalue weighted by atomic mass is 10.2. The van der Waals surface area contributed by atoms with Crippen LogP contribution in [0.25, 0.3) is 0 Å². The summed E-state index contributed by atoms with van der Waals surface area (Å²) in [6.45, 7) is 0. The molecule has 0 amide bonds. The van der Waals surface area contributed by atoms with Crippen molar-refractivity contribution in [3.05, 3.63) is 0 Å². The number of halogens is 1. The normalized spacial score (nSPS) is 10.2. The summed E-state index contributed by atoms with van der Waals surface area (Å²) in [4.78, 5) is 0. The van der Waals surface area contributed by atoms with Gasteiger partial charge in [0.15, 0.2) is 0 Å². The molecule has 0 rings (SSSR count). The number of thioether (sulfide) groups is 1. The maximum absolute atomic E-state index is 5.54. The molecule has 0 saturated carbocycles. The van der Waals surface area contributed by atoms with E-state index in [1.165, 1.54) is 37.9 Å². The lowest BCUT2D eigenvalue weighted by Crippen LogP contribution is -1.81. The van der Waals surface area contributed by atoms with Gasteiger partial charge in [0.2, 0.25) is 0 Å². The molecule has 0 spiro atoms. The predicted molar refractivity (Wildman–Crippen MR) is 52.2 cm³/mol. The van der Waals surface area contributed by atoms with Crippen LogP contribution in [-0.2, 0) is 0 Å². The van der Waals surface area contributed by atoms with Crippen LogP contribution >= 0.6 is 23.4 Å². The van der Waals surface area contributed by atoms with Crippen LogP contribution in [0.2, 0.25) is 0 Å². The molecule has 0 atom stereocenters. The Labute approximate surface area is 73.7 Å². The monoisotopic (exact) mass is 180 g/mol. The molecule has 0 aromatic rings. The fraction of sp³-hybridized carbons (Fsp3) is 1.00. The van der Waals surface area contributed by atoms with Gasteiger partial charge in [0, 0.05) is 5.88 Å². The Bertz CT molecular complexity index is 49.2. The summed E-state index contributed by atoms with van der Waals surface area (Å²) in [6.07, 6.45) is 8.81. The summed E-state index contributed by atoms with van der Waals surface area (Å²) in [6, 6.07) is 0. The summed E-state index contributed by atoms with van der Waals surface area (Å²) in [5.41, 5.74) is 0. The molecule has 2 heteroatoms. The third-order valence-corrected chi connectivity index (χ3v) is 2.45. The van der Waals surface area contributed by atoms with E-state index in [-0.39, 0.29) is 0 Å². The van der Waals surface area contributed by atoms with E-state index in [4.69, 9.17) is 11.6 Å². The molecule has 0 nitrogen and oxygen atoms in total. The summed E-state index contributed by atoms with van der Waals surface area (Å²) in [5.74, 6) is 2.16. The molecule has 0 heterocycles. The quantitative estimate of drug-likeness (QED) is 0.427. The molecule has 0 fully saturated rings. The van der Waals surface area contributed by atoms with Crippen molar-refractivity contribution in [2.24, 2.45) is 0 Å². The van der Waals surface area contributed by atoms with Gasteiger partial charge in [0.1, 0.15) is 0 Å². The van der Waals surface area contributed by atoms with E-state index in [9.17, 15) is 0 Å². The van der Waals surface area contributed by atoms with Crippen LogP contribution in [0.3, 0.4) is 0 Å². The van der Waals surface area contributed by atoms with E-state index in [1.54, 1.807) is 0 Å². The molecule has 0 aliphatic rings. The second kappa shape index (κ2) is 9.64. The third kappa shape index (κ3) is 8.64. The zero-order valence-corrected chi connectivity index (χ0v) is 8.31. The largest absolute Gasteiger partial charge is 0.165 e. The van der Waals surface area contributed by atoms with E-state index in [0.29, 0.717) is 0 Å². The van der Waals surface area contributed by atoms with Crippen molar-refractivity contribution in [2.75, 3.05) is 17.9 Å². The molecule has 0 aliphatic heterocycles. The highest BCUT2D eigenvalue weighted by atomic mass is 35.5. The SMILES string of the molecule is CSCCCCCCCCl. The van der Waals surface area contributed by atoms with Gasteiger partial charge in [-0.1, -0.05) is 19.3 Å². The van der Waals surface area contributed by atoms with Crippen LogP contribution in [0.1, 0.15) is 32.1 Å². The van der Waals surface area contributed by atoms with Gasteiger partial charge in [-0.05, 0) is 24.9 Å². The molecular weight excluding hydrogens is 164 g/mol. The van der Waals surface area contributed by atoms with E-state index in [0.717, 1.165) is 5.88 Å². The fourth-order valence-electron chi connectivity index (χ4n) is 0.871. The molecule has 0 bridgehead atoms. The van der Waals surface area contributed by atoms with Crippen molar-refractivity contribution >= 4 is 23.4 Å².